The maximum absolute atomic E-state index is 12.9. The quantitative estimate of drug-likeness (QED) is 0.651. The van der Waals surface area contributed by atoms with Gasteiger partial charge in [-0.05, 0) is 48.2 Å². The number of carbonyl (C=O) groups is 4. The Hall–Kier alpha value is -3.96. The molecule has 0 radical (unpaired) electrons. The minimum absolute atomic E-state index is 0.147. The molecule has 3 aliphatic heterocycles. The number of benzene rings is 1. The van der Waals surface area contributed by atoms with Gasteiger partial charge in [0.05, 0.1) is 11.9 Å². The Morgan fingerprint density at radius 2 is 1.91 bits per heavy atom. The molecule has 9 nitrogen and oxygen atoms in total. The molecule has 2 aromatic rings. The third kappa shape index (κ3) is 3.74. The number of piperidine rings is 1. The maximum atomic E-state index is 12.9. The van der Waals surface area contributed by atoms with Gasteiger partial charge in [0.1, 0.15) is 11.7 Å². The number of hydrogen-bond acceptors (Lipinski definition) is 5. The number of halogens is 3. The van der Waals surface area contributed by atoms with Crippen LogP contribution in [0.3, 0.4) is 0 Å². The first-order chi connectivity index (χ1) is 16.1. The Kier molecular flexibility index (Phi) is 5.03. The largest absolute Gasteiger partial charge is 0.433 e. The summed E-state index contributed by atoms with van der Waals surface area (Å²) in [5.74, 6) is -1.22. The molecule has 2 N–H and O–H groups in total. The molecule has 12 heteroatoms. The van der Waals surface area contributed by atoms with Crippen LogP contribution in [-0.4, -0.2) is 46.2 Å². The van der Waals surface area contributed by atoms with Gasteiger partial charge in [-0.25, -0.2) is 9.78 Å². The average molecular weight is 473 g/mol. The normalized spacial score (nSPS) is 19.7. The van der Waals surface area contributed by atoms with Gasteiger partial charge in [-0.15, -0.1) is 0 Å². The molecule has 34 heavy (non-hydrogen) atoms. The van der Waals surface area contributed by atoms with Crippen LogP contribution in [0.1, 0.15) is 40.0 Å². The Morgan fingerprint density at radius 1 is 1.12 bits per heavy atom. The van der Waals surface area contributed by atoms with E-state index in [1.54, 1.807) is 18.2 Å². The number of alkyl halides is 3. The highest BCUT2D eigenvalue weighted by atomic mass is 19.4. The van der Waals surface area contributed by atoms with Crippen molar-refractivity contribution in [3.05, 3.63) is 52.8 Å². The number of urea groups is 1. The number of pyridine rings is 1. The molecule has 5 rings (SSSR count). The third-order valence-corrected chi connectivity index (χ3v) is 6.17. The topological polar surface area (TPSA) is 112 Å². The number of amides is 5. The van der Waals surface area contributed by atoms with Gasteiger partial charge >= 0.3 is 12.2 Å². The van der Waals surface area contributed by atoms with E-state index in [9.17, 15) is 32.3 Å². The van der Waals surface area contributed by atoms with Crippen molar-refractivity contribution in [2.24, 2.45) is 0 Å². The van der Waals surface area contributed by atoms with Crippen molar-refractivity contribution in [2.75, 3.05) is 16.8 Å². The lowest BCUT2D eigenvalue weighted by Gasteiger charge is -2.29. The predicted molar refractivity (Wildman–Crippen MR) is 112 cm³/mol. The molecule has 1 atom stereocenters. The van der Waals surface area contributed by atoms with Gasteiger partial charge in [0.15, 0.2) is 0 Å². The number of carbonyl (C=O) groups excluding carboxylic acids is 4. The van der Waals surface area contributed by atoms with Crippen LogP contribution in [0.2, 0.25) is 0 Å². The van der Waals surface area contributed by atoms with Crippen LogP contribution >= 0.6 is 0 Å². The number of anilines is 2. The van der Waals surface area contributed by atoms with Crippen molar-refractivity contribution in [2.45, 2.75) is 38.0 Å². The van der Waals surface area contributed by atoms with E-state index in [0.29, 0.717) is 28.1 Å². The number of fused-ring (bicyclic) bond motifs is 2. The van der Waals surface area contributed by atoms with Gasteiger partial charge in [0.2, 0.25) is 11.8 Å². The Bertz CT molecular complexity index is 1250. The molecule has 1 aromatic heterocycles. The second-order valence-corrected chi connectivity index (χ2v) is 8.30. The van der Waals surface area contributed by atoms with Crippen molar-refractivity contribution in [3.63, 3.8) is 0 Å². The summed E-state index contributed by atoms with van der Waals surface area (Å²) in [6.07, 6.45) is -2.85. The first-order valence-electron chi connectivity index (χ1n) is 10.5. The number of rotatable bonds is 2. The number of nitrogens with one attached hydrogen (secondary N) is 2. The highest BCUT2D eigenvalue weighted by Gasteiger charge is 2.39. The van der Waals surface area contributed by atoms with E-state index < -0.39 is 29.9 Å². The van der Waals surface area contributed by atoms with Crippen molar-refractivity contribution in [3.8, 4) is 0 Å². The summed E-state index contributed by atoms with van der Waals surface area (Å²) < 4.78 is 38.7. The molecule has 5 amide bonds. The standard InChI is InChI=1S/C22H18F3N5O4/c23-22(24,25)17-8-11-5-6-29(16(11)9-26-17)21(34)27-13-1-2-14-12(7-13)10-30(20(14)33)15-3-4-18(31)28-19(15)32/h1-2,7-9,15H,3-6,10H2,(H,27,34)(H,28,31,32). The molecular weight excluding hydrogens is 455 g/mol. The van der Waals surface area contributed by atoms with Gasteiger partial charge in [-0.1, -0.05) is 0 Å². The molecule has 1 fully saturated rings. The van der Waals surface area contributed by atoms with Gasteiger partial charge in [-0.3, -0.25) is 24.6 Å². The maximum Gasteiger partial charge on any atom is 0.433 e. The number of aromatic nitrogens is 1. The van der Waals surface area contributed by atoms with Crippen LogP contribution in [0.25, 0.3) is 0 Å². The number of nitrogens with zero attached hydrogens (tertiary/aromatic N) is 3. The fraction of sp³-hybridized carbons (Fsp3) is 0.318. The van der Waals surface area contributed by atoms with Crippen LogP contribution in [0.5, 0.6) is 0 Å². The minimum atomic E-state index is -4.56. The zero-order chi connectivity index (χ0) is 24.2. The van der Waals surface area contributed by atoms with Crippen molar-refractivity contribution >= 4 is 35.1 Å². The molecule has 1 aromatic carbocycles. The molecule has 0 spiro atoms. The van der Waals surface area contributed by atoms with Crippen LogP contribution in [-0.2, 0) is 28.7 Å². The van der Waals surface area contributed by atoms with E-state index >= 15 is 0 Å². The summed E-state index contributed by atoms with van der Waals surface area (Å²) in [6, 6.07) is 4.39. The molecule has 3 aliphatic rings. The zero-order valence-corrected chi connectivity index (χ0v) is 17.6. The van der Waals surface area contributed by atoms with E-state index in [0.717, 1.165) is 12.3 Å². The number of hydrogen-bond donors (Lipinski definition) is 2. The van der Waals surface area contributed by atoms with Crippen molar-refractivity contribution < 1.29 is 32.3 Å². The van der Waals surface area contributed by atoms with E-state index in [1.807, 2.05) is 0 Å². The van der Waals surface area contributed by atoms with E-state index in [2.05, 4.69) is 15.6 Å². The molecule has 176 valence electrons. The molecule has 1 unspecified atom stereocenters. The van der Waals surface area contributed by atoms with Crippen molar-refractivity contribution in [1.29, 1.82) is 0 Å². The van der Waals surface area contributed by atoms with E-state index in [1.165, 1.54) is 9.80 Å². The van der Waals surface area contributed by atoms with Crippen LogP contribution in [0.15, 0.2) is 30.5 Å². The Morgan fingerprint density at radius 3 is 2.65 bits per heavy atom. The van der Waals surface area contributed by atoms with Gasteiger partial charge in [0, 0.05) is 30.8 Å². The fourth-order valence-electron chi connectivity index (χ4n) is 4.49. The van der Waals surface area contributed by atoms with E-state index in [-0.39, 0.29) is 44.2 Å². The molecular formula is C22H18F3N5O4. The van der Waals surface area contributed by atoms with Gasteiger partial charge in [-0.2, -0.15) is 13.2 Å². The van der Waals surface area contributed by atoms with Gasteiger partial charge < -0.3 is 10.2 Å². The Balaban J connectivity index is 1.30. The summed E-state index contributed by atoms with van der Waals surface area (Å²) in [5, 5.41) is 4.95. The summed E-state index contributed by atoms with van der Waals surface area (Å²) in [5.41, 5.74) is 1.11. The predicted octanol–water partition coefficient (Wildman–Crippen LogP) is 2.46. The van der Waals surface area contributed by atoms with Gasteiger partial charge in [0.25, 0.3) is 5.91 Å². The lowest BCUT2D eigenvalue weighted by molar-refractivity contribution is -0.141. The average Bonchev–Trinajstić information content (AvgIpc) is 3.34. The second kappa shape index (κ2) is 7.82. The highest BCUT2D eigenvalue weighted by Crippen LogP contribution is 2.34. The monoisotopic (exact) mass is 473 g/mol. The molecule has 0 bridgehead atoms. The molecule has 0 saturated carbocycles. The zero-order valence-electron chi connectivity index (χ0n) is 17.6. The van der Waals surface area contributed by atoms with Crippen LogP contribution in [0.4, 0.5) is 29.3 Å². The fourth-order valence-corrected chi connectivity index (χ4v) is 4.49. The summed E-state index contributed by atoms with van der Waals surface area (Å²) in [6.45, 7) is 0.359. The molecule has 0 aliphatic carbocycles. The smallest absolute Gasteiger partial charge is 0.322 e. The SMILES string of the molecule is O=C1CCC(N2Cc3cc(NC(=O)N4CCc5cc(C(F)(F)F)ncc54)ccc3C2=O)C(=O)N1. The summed E-state index contributed by atoms with van der Waals surface area (Å²) >= 11 is 0. The van der Waals surface area contributed by atoms with Crippen LogP contribution in [0, 0.1) is 0 Å². The summed E-state index contributed by atoms with van der Waals surface area (Å²) in [4.78, 5) is 55.3. The summed E-state index contributed by atoms with van der Waals surface area (Å²) in [7, 11) is 0. The number of imide groups is 1. The highest BCUT2D eigenvalue weighted by molar-refractivity contribution is 6.06. The van der Waals surface area contributed by atoms with Crippen LogP contribution < -0.4 is 15.5 Å². The third-order valence-electron chi connectivity index (χ3n) is 6.17. The lowest BCUT2D eigenvalue weighted by Crippen LogP contribution is -2.52. The first kappa shape index (κ1) is 21.9. The Labute approximate surface area is 190 Å². The minimum Gasteiger partial charge on any atom is -0.322 e. The van der Waals surface area contributed by atoms with E-state index in [4.69, 9.17) is 0 Å². The second-order valence-electron chi connectivity index (χ2n) is 8.30. The van der Waals surface area contributed by atoms with Crippen molar-refractivity contribution in [1.82, 2.24) is 15.2 Å². The first-order valence-corrected chi connectivity index (χ1v) is 10.5. The molecule has 4 heterocycles. The molecule has 1 saturated heterocycles. The lowest BCUT2D eigenvalue weighted by atomic mass is 10.0.